The largest absolute Gasteiger partial charge is 0.399 e. The van der Waals surface area contributed by atoms with Crippen LogP contribution < -0.4 is 5.73 Å². The summed E-state index contributed by atoms with van der Waals surface area (Å²) in [4.78, 5) is 4.23. The molecule has 0 aliphatic heterocycles. The van der Waals surface area contributed by atoms with Crippen molar-refractivity contribution in [2.45, 2.75) is 20.8 Å². The van der Waals surface area contributed by atoms with Crippen LogP contribution in [0, 0.1) is 13.8 Å². The van der Waals surface area contributed by atoms with E-state index in [0.717, 1.165) is 22.5 Å². The van der Waals surface area contributed by atoms with Gasteiger partial charge in [-0.05, 0) is 44.0 Å². The summed E-state index contributed by atoms with van der Waals surface area (Å²) in [6.07, 6.45) is 1.79. The molecule has 12 heavy (non-hydrogen) atoms. The number of nitrogens with two attached hydrogens (primary N) is 1. The number of nitrogen functional groups attached to an aromatic ring is 1. The van der Waals surface area contributed by atoms with E-state index in [0.29, 0.717) is 0 Å². The molecule has 1 aromatic carbocycles. The van der Waals surface area contributed by atoms with Gasteiger partial charge in [0, 0.05) is 11.9 Å². The van der Waals surface area contributed by atoms with Crippen LogP contribution in [-0.2, 0) is 0 Å². The van der Waals surface area contributed by atoms with E-state index in [2.05, 4.69) is 4.99 Å². The van der Waals surface area contributed by atoms with E-state index >= 15 is 0 Å². The summed E-state index contributed by atoms with van der Waals surface area (Å²) < 4.78 is 0. The Kier molecular flexibility index (Phi) is 2.48. The van der Waals surface area contributed by atoms with E-state index in [9.17, 15) is 0 Å². The van der Waals surface area contributed by atoms with Crippen molar-refractivity contribution in [1.82, 2.24) is 0 Å². The lowest BCUT2D eigenvalue weighted by Crippen LogP contribution is -1.90. The van der Waals surface area contributed by atoms with Gasteiger partial charge in [-0.25, -0.2) is 0 Å². The third kappa shape index (κ3) is 1.64. The molecule has 0 aromatic heterocycles. The number of nitrogens with zero attached hydrogens (tertiary/aromatic N) is 1. The Morgan fingerprint density at radius 1 is 1.25 bits per heavy atom. The summed E-state index contributed by atoms with van der Waals surface area (Å²) in [5.74, 6) is 0. The summed E-state index contributed by atoms with van der Waals surface area (Å²) in [7, 11) is 0. The van der Waals surface area contributed by atoms with Crippen LogP contribution in [0.15, 0.2) is 17.1 Å². The Morgan fingerprint density at radius 3 is 2.50 bits per heavy atom. The van der Waals surface area contributed by atoms with E-state index < -0.39 is 0 Å². The molecule has 2 nitrogen and oxygen atoms in total. The molecule has 1 aromatic rings. The third-order valence-corrected chi connectivity index (χ3v) is 1.85. The maximum atomic E-state index is 5.73. The second kappa shape index (κ2) is 3.39. The van der Waals surface area contributed by atoms with Gasteiger partial charge in [0.25, 0.3) is 0 Å². The highest BCUT2D eigenvalue weighted by Gasteiger charge is 1.99. The van der Waals surface area contributed by atoms with Crippen LogP contribution in [0.5, 0.6) is 0 Å². The zero-order valence-corrected chi connectivity index (χ0v) is 7.76. The summed E-state index contributed by atoms with van der Waals surface area (Å²) in [6, 6.07) is 3.96. The molecule has 0 radical (unpaired) electrons. The molecular formula is C10H14N2. The molecule has 0 fully saturated rings. The fourth-order valence-corrected chi connectivity index (χ4v) is 1.10. The zero-order chi connectivity index (χ0) is 9.14. The molecule has 0 aliphatic carbocycles. The fourth-order valence-electron chi connectivity index (χ4n) is 1.10. The second-order valence-corrected chi connectivity index (χ2v) is 2.88. The van der Waals surface area contributed by atoms with Gasteiger partial charge in [0.2, 0.25) is 0 Å². The highest BCUT2D eigenvalue weighted by atomic mass is 14.7. The van der Waals surface area contributed by atoms with Gasteiger partial charge in [-0.1, -0.05) is 0 Å². The number of aryl methyl sites for hydroxylation is 2. The third-order valence-electron chi connectivity index (χ3n) is 1.85. The molecule has 0 saturated carbocycles. The van der Waals surface area contributed by atoms with Crippen molar-refractivity contribution in [3.63, 3.8) is 0 Å². The number of rotatable bonds is 1. The first-order valence-electron chi connectivity index (χ1n) is 4.00. The molecule has 0 bridgehead atoms. The predicted octanol–water partition coefficient (Wildman–Crippen LogP) is 2.61. The van der Waals surface area contributed by atoms with Crippen LogP contribution in [0.2, 0.25) is 0 Å². The van der Waals surface area contributed by atoms with Gasteiger partial charge in [0.1, 0.15) is 0 Å². The number of benzene rings is 1. The van der Waals surface area contributed by atoms with E-state index in [1.54, 1.807) is 6.21 Å². The standard InChI is InChI=1S/C10H14N2/c1-4-12-10-6-7(2)9(11)5-8(10)3/h4-6H,11H2,1-3H3. The molecule has 1 rings (SSSR count). The Bertz CT molecular complexity index is 314. The van der Waals surface area contributed by atoms with Crippen LogP contribution >= 0.6 is 0 Å². The quantitative estimate of drug-likeness (QED) is 0.500. The van der Waals surface area contributed by atoms with Gasteiger partial charge < -0.3 is 5.73 Å². The molecule has 2 N–H and O–H groups in total. The first kappa shape index (κ1) is 8.78. The molecule has 0 aliphatic rings. The van der Waals surface area contributed by atoms with Crippen LogP contribution in [-0.4, -0.2) is 6.21 Å². The van der Waals surface area contributed by atoms with Crippen LogP contribution in [0.1, 0.15) is 18.1 Å². The van der Waals surface area contributed by atoms with Gasteiger partial charge in [0.15, 0.2) is 0 Å². The van der Waals surface area contributed by atoms with Crippen molar-refractivity contribution in [3.05, 3.63) is 23.3 Å². The second-order valence-electron chi connectivity index (χ2n) is 2.88. The smallest absolute Gasteiger partial charge is 0.0658 e. The van der Waals surface area contributed by atoms with Gasteiger partial charge in [-0.3, -0.25) is 4.99 Å². The first-order valence-corrected chi connectivity index (χ1v) is 4.00. The molecule has 64 valence electrons. The van der Waals surface area contributed by atoms with Crippen molar-refractivity contribution < 1.29 is 0 Å². The summed E-state index contributed by atoms with van der Waals surface area (Å²) >= 11 is 0. The topological polar surface area (TPSA) is 38.4 Å². The van der Waals surface area contributed by atoms with Crippen molar-refractivity contribution in [2.75, 3.05) is 5.73 Å². The molecule has 0 heterocycles. The lowest BCUT2D eigenvalue weighted by Gasteiger charge is -2.04. The molecule has 0 amide bonds. The zero-order valence-electron chi connectivity index (χ0n) is 7.76. The first-order chi connectivity index (χ1) is 5.65. The van der Waals surface area contributed by atoms with Crippen LogP contribution in [0.25, 0.3) is 0 Å². The van der Waals surface area contributed by atoms with Crippen molar-refractivity contribution in [2.24, 2.45) is 4.99 Å². The summed E-state index contributed by atoms with van der Waals surface area (Å²) in [5, 5.41) is 0. The minimum absolute atomic E-state index is 0.836. The molecule has 2 heteroatoms. The maximum Gasteiger partial charge on any atom is 0.0658 e. The lowest BCUT2D eigenvalue weighted by atomic mass is 10.1. The maximum absolute atomic E-state index is 5.73. The molecular weight excluding hydrogens is 148 g/mol. The highest BCUT2D eigenvalue weighted by Crippen LogP contribution is 2.23. The summed E-state index contributed by atoms with van der Waals surface area (Å²) in [5.41, 5.74) is 9.78. The van der Waals surface area contributed by atoms with Crippen LogP contribution in [0.4, 0.5) is 11.4 Å². The average Bonchev–Trinajstić information content (AvgIpc) is 2.01. The lowest BCUT2D eigenvalue weighted by molar-refractivity contribution is 1.36. The number of hydrogen-bond donors (Lipinski definition) is 1. The number of hydrogen-bond acceptors (Lipinski definition) is 2. The van der Waals surface area contributed by atoms with Gasteiger partial charge in [0.05, 0.1) is 5.69 Å². The molecule has 0 unspecified atom stereocenters. The number of anilines is 1. The Balaban J connectivity index is 3.23. The highest BCUT2D eigenvalue weighted by molar-refractivity contribution is 5.66. The molecule has 0 atom stereocenters. The average molecular weight is 162 g/mol. The van der Waals surface area contributed by atoms with Crippen LogP contribution in [0.3, 0.4) is 0 Å². The molecule has 0 spiro atoms. The Morgan fingerprint density at radius 2 is 1.92 bits per heavy atom. The minimum Gasteiger partial charge on any atom is -0.399 e. The molecule has 0 saturated heterocycles. The van der Waals surface area contributed by atoms with Gasteiger partial charge in [-0.2, -0.15) is 0 Å². The van der Waals surface area contributed by atoms with Gasteiger partial charge >= 0.3 is 0 Å². The predicted molar refractivity (Wildman–Crippen MR) is 54.2 cm³/mol. The van der Waals surface area contributed by atoms with Gasteiger partial charge in [-0.15, -0.1) is 0 Å². The monoisotopic (exact) mass is 162 g/mol. The summed E-state index contributed by atoms with van der Waals surface area (Å²) in [6.45, 7) is 5.91. The van der Waals surface area contributed by atoms with Crippen molar-refractivity contribution in [1.29, 1.82) is 0 Å². The SMILES string of the molecule is CC=Nc1cc(C)c(N)cc1C. The minimum atomic E-state index is 0.836. The van der Waals surface area contributed by atoms with Crippen molar-refractivity contribution in [3.8, 4) is 0 Å². The van der Waals surface area contributed by atoms with Crippen molar-refractivity contribution >= 4 is 17.6 Å². The normalized spacial score (nSPS) is 10.9. The van der Waals surface area contributed by atoms with E-state index in [1.807, 2.05) is 32.9 Å². The van der Waals surface area contributed by atoms with E-state index in [1.165, 1.54) is 0 Å². The van der Waals surface area contributed by atoms with E-state index in [-0.39, 0.29) is 0 Å². The number of aliphatic imine (C=N–C) groups is 1. The van der Waals surface area contributed by atoms with E-state index in [4.69, 9.17) is 5.73 Å². The Labute approximate surface area is 73.1 Å². The fraction of sp³-hybridized carbons (Fsp3) is 0.300. The Hall–Kier alpha value is -1.31.